The highest BCUT2D eigenvalue weighted by molar-refractivity contribution is 9.10. The second-order valence-corrected chi connectivity index (χ2v) is 6.41. The molecular formula is C18H13BrN4O2. The number of nitrogens with zero attached hydrogens (tertiary/aromatic N) is 3. The molecule has 6 nitrogen and oxygen atoms in total. The van der Waals surface area contributed by atoms with Crippen molar-refractivity contribution >= 4 is 32.6 Å². The number of aromatic nitrogens is 3. The molecule has 4 rings (SSSR count). The lowest BCUT2D eigenvalue weighted by Gasteiger charge is -2.04. The van der Waals surface area contributed by atoms with Crippen LogP contribution in [0, 0.1) is 0 Å². The van der Waals surface area contributed by atoms with E-state index >= 15 is 0 Å². The van der Waals surface area contributed by atoms with Gasteiger partial charge in [0.1, 0.15) is 11.3 Å². The van der Waals surface area contributed by atoms with E-state index in [0.717, 1.165) is 26.9 Å². The van der Waals surface area contributed by atoms with Gasteiger partial charge < -0.3 is 9.73 Å². The first-order valence-corrected chi connectivity index (χ1v) is 8.42. The molecule has 4 aromatic rings. The number of rotatable bonds is 4. The van der Waals surface area contributed by atoms with E-state index < -0.39 is 0 Å². The number of nitrogens with one attached hydrogen (secondary N) is 1. The summed E-state index contributed by atoms with van der Waals surface area (Å²) in [6.45, 7) is 0.574. The van der Waals surface area contributed by atoms with Crippen LogP contribution < -0.4 is 10.9 Å². The number of hydrogen-bond acceptors (Lipinski definition) is 5. The van der Waals surface area contributed by atoms with Crippen LogP contribution >= 0.6 is 15.9 Å². The van der Waals surface area contributed by atoms with E-state index in [1.165, 1.54) is 6.07 Å². The molecule has 2 heterocycles. The molecule has 0 amide bonds. The fourth-order valence-electron chi connectivity index (χ4n) is 2.47. The quantitative estimate of drug-likeness (QED) is 0.531. The van der Waals surface area contributed by atoms with Crippen molar-refractivity contribution in [3.63, 3.8) is 0 Å². The predicted octanol–water partition coefficient (Wildman–Crippen LogP) is 3.75. The summed E-state index contributed by atoms with van der Waals surface area (Å²) in [4.78, 5) is 11.2. The van der Waals surface area contributed by atoms with Crippen molar-refractivity contribution in [1.29, 1.82) is 0 Å². The summed E-state index contributed by atoms with van der Waals surface area (Å²) < 4.78 is 7.88. The van der Waals surface area contributed by atoms with E-state index in [0.29, 0.717) is 12.1 Å². The van der Waals surface area contributed by atoms with Crippen molar-refractivity contribution in [1.82, 2.24) is 15.0 Å². The molecule has 25 heavy (non-hydrogen) atoms. The fraction of sp³-hybridized carbons (Fsp3) is 0.0556. The first-order valence-electron chi connectivity index (χ1n) is 7.62. The number of hydrogen-bond donors (Lipinski definition) is 1. The molecular weight excluding hydrogens is 384 g/mol. The Labute approximate surface area is 151 Å². The Morgan fingerprint density at radius 1 is 1.08 bits per heavy atom. The smallest absolute Gasteiger partial charge is 0.336 e. The Hall–Kier alpha value is -2.93. The molecule has 0 unspecified atom stereocenters. The largest absolute Gasteiger partial charge is 0.423 e. The highest BCUT2D eigenvalue weighted by Crippen LogP contribution is 2.17. The van der Waals surface area contributed by atoms with E-state index in [1.54, 1.807) is 16.8 Å². The lowest BCUT2D eigenvalue weighted by atomic mass is 10.2. The van der Waals surface area contributed by atoms with Gasteiger partial charge in [-0.3, -0.25) is 0 Å². The molecule has 0 bridgehead atoms. The van der Waals surface area contributed by atoms with E-state index in [4.69, 9.17) is 4.42 Å². The summed E-state index contributed by atoms with van der Waals surface area (Å²) in [6, 6.07) is 16.6. The van der Waals surface area contributed by atoms with Gasteiger partial charge in [-0.05, 0) is 48.5 Å². The minimum Gasteiger partial charge on any atom is -0.423 e. The van der Waals surface area contributed by atoms with Gasteiger partial charge in [-0.25, -0.2) is 9.48 Å². The minimum atomic E-state index is -0.359. The van der Waals surface area contributed by atoms with Gasteiger partial charge >= 0.3 is 5.63 Å². The Morgan fingerprint density at radius 2 is 1.92 bits per heavy atom. The highest BCUT2D eigenvalue weighted by atomic mass is 79.9. The lowest BCUT2D eigenvalue weighted by molar-refractivity contribution is 0.561. The zero-order chi connectivity index (χ0) is 17.2. The molecule has 1 N–H and O–H groups in total. The fourth-order valence-corrected chi connectivity index (χ4v) is 2.73. The van der Waals surface area contributed by atoms with Crippen molar-refractivity contribution in [2.24, 2.45) is 0 Å². The van der Waals surface area contributed by atoms with Gasteiger partial charge in [0.2, 0.25) is 0 Å². The zero-order valence-electron chi connectivity index (χ0n) is 13.0. The maximum Gasteiger partial charge on any atom is 0.336 e. The maximum atomic E-state index is 11.2. The molecule has 0 aliphatic rings. The van der Waals surface area contributed by atoms with Gasteiger partial charge in [-0.1, -0.05) is 21.1 Å². The Bertz CT molecular complexity index is 1090. The number of benzene rings is 2. The molecule has 0 saturated heterocycles. The third-order valence-corrected chi connectivity index (χ3v) is 4.25. The van der Waals surface area contributed by atoms with Crippen LogP contribution in [0.4, 0.5) is 5.69 Å². The summed E-state index contributed by atoms with van der Waals surface area (Å²) in [5.41, 5.74) is 2.88. The van der Waals surface area contributed by atoms with Gasteiger partial charge in [0.05, 0.1) is 18.4 Å². The summed E-state index contributed by atoms with van der Waals surface area (Å²) >= 11 is 3.41. The first kappa shape index (κ1) is 15.6. The second-order valence-electron chi connectivity index (χ2n) is 5.49. The van der Waals surface area contributed by atoms with Crippen LogP contribution in [0.3, 0.4) is 0 Å². The molecule has 124 valence electrons. The van der Waals surface area contributed by atoms with Gasteiger partial charge in [-0.15, -0.1) is 5.10 Å². The van der Waals surface area contributed by atoms with Crippen molar-refractivity contribution < 1.29 is 4.42 Å². The Morgan fingerprint density at radius 3 is 2.76 bits per heavy atom. The molecule has 2 aromatic carbocycles. The standard InChI is InChI=1S/C18H13BrN4O2/c19-13-2-4-14(5-3-13)20-10-15-11-23(22-21-15)16-6-7-17-12(9-16)1-8-18(24)25-17/h1-9,11,20H,10H2. The third-order valence-electron chi connectivity index (χ3n) is 3.73. The molecule has 0 radical (unpaired) electrons. The van der Waals surface area contributed by atoms with Crippen LogP contribution in [0.25, 0.3) is 16.7 Å². The average molecular weight is 397 g/mol. The molecule has 0 fully saturated rings. The molecule has 2 aromatic heterocycles. The van der Waals surface area contributed by atoms with Crippen LogP contribution in [-0.2, 0) is 6.54 Å². The molecule has 7 heteroatoms. The summed E-state index contributed by atoms with van der Waals surface area (Å²) in [7, 11) is 0. The zero-order valence-corrected chi connectivity index (χ0v) is 14.6. The van der Waals surface area contributed by atoms with E-state index in [1.807, 2.05) is 42.6 Å². The van der Waals surface area contributed by atoms with E-state index in [9.17, 15) is 4.79 Å². The summed E-state index contributed by atoms with van der Waals surface area (Å²) in [5, 5.41) is 12.5. The van der Waals surface area contributed by atoms with E-state index in [2.05, 4.69) is 31.6 Å². The second kappa shape index (κ2) is 6.52. The van der Waals surface area contributed by atoms with Crippen molar-refractivity contribution in [3.05, 3.63) is 81.4 Å². The van der Waals surface area contributed by atoms with Gasteiger partial charge in [0.15, 0.2) is 0 Å². The van der Waals surface area contributed by atoms with Crippen LogP contribution in [0.2, 0.25) is 0 Å². The van der Waals surface area contributed by atoms with Crippen molar-refractivity contribution in [2.75, 3.05) is 5.32 Å². The van der Waals surface area contributed by atoms with Crippen molar-refractivity contribution in [2.45, 2.75) is 6.54 Å². The maximum absolute atomic E-state index is 11.2. The Kier molecular flexibility index (Phi) is 4.07. The Balaban J connectivity index is 1.53. The minimum absolute atomic E-state index is 0.359. The average Bonchev–Trinajstić information content (AvgIpc) is 3.10. The first-order chi connectivity index (χ1) is 12.2. The molecule has 0 spiro atoms. The van der Waals surface area contributed by atoms with Gasteiger partial charge in [0, 0.05) is 21.6 Å². The highest BCUT2D eigenvalue weighted by Gasteiger charge is 2.05. The number of halogens is 1. The molecule has 0 aliphatic carbocycles. The molecule has 0 atom stereocenters. The van der Waals surface area contributed by atoms with Crippen LogP contribution in [-0.4, -0.2) is 15.0 Å². The summed E-state index contributed by atoms with van der Waals surface area (Å²) in [6.07, 6.45) is 1.87. The molecule has 0 saturated carbocycles. The van der Waals surface area contributed by atoms with E-state index in [-0.39, 0.29) is 5.63 Å². The number of anilines is 1. The normalized spacial score (nSPS) is 10.9. The number of fused-ring (bicyclic) bond motifs is 1. The predicted molar refractivity (Wildman–Crippen MR) is 98.9 cm³/mol. The van der Waals surface area contributed by atoms with Gasteiger partial charge in [0.25, 0.3) is 0 Å². The van der Waals surface area contributed by atoms with Crippen LogP contribution in [0.15, 0.2) is 74.5 Å². The molecule has 0 aliphatic heterocycles. The van der Waals surface area contributed by atoms with Crippen LogP contribution in [0.1, 0.15) is 5.69 Å². The van der Waals surface area contributed by atoms with Crippen LogP contribution in [0.5, 0.6) is 0 Å². The van der Waals surface area contributed by atoms with Gasteiger partial charge in [-0.2, -0.15) is 0 Å². The summed E-state index contributed by atoms with van der Waals surface area (Å²) in [5.74, 6) is 0. The lowest BCUT2D eigenvalue weighted by Crippen LogP contribution is -1.99. The monoisotopic (exact) mass is 396 g/mol. The topological polar surface area (TPSA) is 73.0 Å². The SMILES string of the molecule is O=c1ccc2cc(-n3cc(CNc4ccc(Br)cc4)nn3)ccc2o1. The van der Waals surface area contributed by atoms with Crippen molar-refractivity contribution in [3.8, 4) is 5.69 Å². The third kappa shape index (κ3) is 3.46.